The zero-order valence-electron chi connectivity index (χ0n) is 19.1. The molecule has 1 aromatic heterocycles. The number of ether oxygens (including phenoxy) is 2. The molecule has 4 aliphatic rings. The molecule has 1 aromatic rings. The van der Waals surface area contributed by atoms with Crippen LogP contribution >= 0.6 is 0 Å². The van der Waals surface area contributed by atoms with Gasteiger partial charge in [0.1, 0.15) is 12.0 Å². The summed E-state index contributed by atoms with van der Waals surface area (Å²) in [4.78, 5) is 21.8. The van der Waals surface area contributed by atoms with Gasteiger partial charge in [-0.2, -0.15) is 0 Å². The van der Waals surface area contributed by atoms with E-state index in [1.165, 1.54) is 5.71 Å². The van der Waals surface area contributed by atoms with Crippen LogP contribution in [0.3, 0.4) is 0 Å². The minimum absolute atomic E-state index is 0.00357. The van der Waals surface area contributed by atoms with E-state index in [-0.39, 0.29) is 12.1 Å². The lowest BCUT2D eigenvalue weighted by Gasteiger charge is -2.34. The number of anilines is 1. The number of nitrogens with one attached hydrogen (secondary N) is 1. The Morgan fingerprint density at radius 3 is 2.66 bits per heavy atom. The summed E-state index contributed by atoms with van der Waals surface area (Å²) in [7, 11) is 2.17. The fourth-order valence-corrected chi connectivity index (χ4v) is 4.73. The van der Waals surface area contributed by atoms with Gasteiger partial charge in [0.15, 0.2) is 5.84 Å². The van der Waals surface area contributed by atoms with Gasteiger partial charge < -0.3 is 19.3 Å². The minimum Gasteiger partial charge on any atom is -0.380 e. The van der Waals surface area contributed by atoms with E-state index in [1.807, 2.05) is 6.20 Å². The van der Waals surface area contributed by atoms with Gasteiger partial charge in [0.2, 0.25) is 0 Å². The molecule has 3 fully saturated rings. The normalized spacial score (nSPS) is 27.6. The van der Waals surface area contributed by atoms with E-state index in [0.29, 0.717) is 6.61 Å². The largest absolute Gasteiger partial charge is 0.380 e. The van der Waals surface area contributed by atoms with Crippen LogP contribution in [0.2, 0.25) is 0 Å². The van der Waals surface area contributed by atoms with Gasteiger partial charge in [-0.1, -0.05) is 0 Å². The lowest BCUT2D eigenvalue weighted by Crippen LogP contribution is -2.49. The van der Waals surface area contributed by atoms with E-state index in [2.05, 4.69) is 39.2 Å². The summed E-state index contributed by atoms with van der Waals surface area (Å²) >= 11 is 0. The van der Waals surface area contributed by atoms with E-state index >= 15 is 0 Å². The summed E-state index contributed by atoms with van der Waals surface area (Å²) in [5, 5.41) is 3.67. The number of aliphatic imine (C=N–C) groups is 2. The van der Waals surface area contributed by atoms with Crippen LogP contribution in [-0.4, -0.2) is 118 Å². The Labute approximate surface area is 190 Å². The zero-order valence-corrected chi connectivity index (χ0v) is 19.1. The quantitative estimate of drug-likeness (QED) is 0.681. The lowest BCUT2D eigenvalue weighted by atomic mass is 9.94. The Hall–Kier alpha value is -1.91. The Morgan fingerprint density at radius 2 is 1.88 bits per heavy atom. The first kappa shape index (κ1) is 21.9. The molecule has 2 atom stereocenters. The average molecular weight is 442 g/mol. The van der Waals surface area contributed by atoms with E-state index in [1.54, 1.807) is 0 Å². The van der Waals surface area contributed by atoms with Gasteiger partial charge >= 0.3 is 0 Å². The monoisotopic (exact) mass is 441 g/mol. The molecule has 0 aliphatic carbocycles. The van der Waals surface area contributed by atoms with Gasteiger partial charge in [0.05, 0.1) is 32.3 Å². The van der Waals surface area contributed by atoms with Crippen LogP contribution in [0, 0.1) is 5.92 Å². The van der Waals surface area contributed by atoms with Crippen molar-refractivity contribution in [2.45, 2.75) is 12.6 Å². The lowest BCUT2D eigenvalue weighted by molar-refractivity contribution is 0.0375. The maximum absolute atomic E-state index is 5.76. The van der Waals surface area contributed by atoms with Crippen molar-refractivity contribution in [2.24, 2.45) is 15.9 Å². The molecular weight excluding hydrogens is 406 g/mol. The Bertz CT molecular complexity index is 814. The number of piperazine rings is 1. The molecule has 0 saturated carbocycles. The van der Waals surface area contributed by atoms with Crippen molar-refractivity contribution in [1.29, 1.82) is 0 Å². The van der Waals surface area contributed by atoms with Crippen molar-refractivity contribution in [3.63, 3.8) is 0 Å². The number of aromatic nitrogens is 1. The highest BCUT2D eigenvalue weighted by Crippen LogP contribution is 2.23. The molecule has 0 amide bonds. The van der Waals surface area contributed by atoms with E-state index in [4.69, 9.17) is 24.4 Å². The molecule has 174 valence electrons. The fourth-order valence-electron chi connectivity index (χ4n) is 4.73. The minimum atomic E-state index is -0.00357. The molecule has 0 aromatic carbocycles. The highest BCUT2D eigenvalue weighted by atomic mass is 16.5. The van der Waals surface area contributed by atoms with Crippen LogP contribution < -0.4 is 10.2 Å². The molecule has 32 heavy (non-hydrogen) atoms. The molecule has 9 nitrogen and oxygen atoms in total. The highest BCUT2D eigenvalue weighted by Gasteiger charge is 2.33. The highest BCUT2D eigenvalue weighted by molar-refractivity contribution is 6.09. The third-order valence-electron chi connectivity index (χ3n) is 6.84. The summed E-state index contributed by atoms with van der Waals surface area (Å²) in [5.41, 5.74) is 2.19. The second kappa shape index (κ2) is 10.4. The summed E-state index contributed by atoms with van der Waals surface area (Å²) in [6, 6.07) is 4.23. The van der Waals surface area contributed by atoms with Gasteiger partial charge in [0, 0.05) is 76.3 Å². The van der Waals surface area contributed by atoms with Crippen molar-refractivity contribution < 1.29 is 9.47 Å². The first-order valence-electron chi connectivity index (χ1n) is 11.9. The Kier molecular flexibility index (Phi) is 7.09. The van der Waals surface area contributed by atoms with E-state index < -0.39 is 0 Å². The third kappa shape index (κ3) is 5.18. The van der Waals surface area contributed by atoms with Crippen LogP contribution in [0.15, 0.2) is 28.3 Å². The average Bonchev–Trinajstić information content (AvgIpc) is 2.85. The van der Waals surface area contributed by atoms with Crippen LogP contribution in [0.25, 0.3) is 0 Å². The predicted octanol–water partition coefficient (Wildman–Crippen LogP) is 0.319. The second-order valence-electron chi connectivity index (χ2n) is 9.04. The molecule has 4 aliphatic heterocycles. The second-order valence-corrected chi connectivity index (χ2v) is 9.04. The molecule has 0 bridgehead atoms. The first-order chi connectivity index (χ1) is 15.8. The molecule has 9 heteroatoms. The van der Waals surface area contributed by atoms with Crippen molar-refractivity contribution in [1.82, 2.24) is 20.1 Å². The first-order valence-corrected chi connectivity index (χ1v) is 11.9. The number of rotatable bonds is 6. The number of morpholine rings is 1. The van der Waals surface area contributed by atoms with Crippen LogP contribution in [0.4, 0.5) is 5.82 Å². The Morgan fingerprint density at radius 1 is 1.03 bits per heavy atom. The molecular formula is C23H35N7O2. The van der Waals surface area contributed by atoms with Crippen LogP contribution in [0.1, 0.15) is 12.0 Å². The number of pyridine rings is 1. The topological polar surface area (TPSA) is 77.8 Å². The van der Waals surface area contributed by atoms with Crippen molar-refractivity contribution >= 4 is 17.4 Å². The predicted molar refractivity (Wildman–Crippen MR) is 126 cm³/mol. The summed E-state index contributed by atoms with van der Waals surface area (Å²) < 4.78 is 11.2. The smallest absolute Gasteiger partial charge is 0.157 e. The fraction of sp³-hybridized carbons (Fsp3) is 0.696. The summed E-state index contributed by atoms with van der Waals surface area (Å²) in [6.07, 6.45) is 2.80. The summed E-state index contributed by atoms with van der Waals surface area (Å²) in [5.74, 6) is 2.05. The SMILES string of the molecule is CN1CCN(c2ccc(C3=NC(NCCN4CCOCC4)C4COCCC4=N3)cn2)CC1. The third-order valence-corrected chi connectivity index (χ3v) is 6.84. The maximum Gasteiger partial charge on any atom is 0.157 e. The zero-order chi connectivity index (χ0) is 21.8. The standard InChI is InChI=1S/C23H35N7O2/c1-28-7-9-30(10-8-28)21-3-2-18(16-25-21)22-26-20-4-13-32-17-19(20)23(27-22)24-5-6-29-11-14-31-15-12-29/h2-3,16,19,23-24H,4-15,17H2,1H3. The summed E-state index contributed by atoms with van der Waals surface area (Å²) in [6.45, 7) is 11.2. The van der Waals surface area contributed by atoms with Crippen molar-refractivity contribution in [3.05, 3.63) is 23.9 Å². The molecule has 1 N–H and O–H groups in total. The molecule has 3 saturated heterocycles. The Balaban J connectivity index is 1.26. The van der Waals surface area contributed by atoms with Crippen LogP contribution in [0.5, 0.6) is 0 Å². The number of amidine groups is 1. The maximum atomic E-state index is 5.76. The number of nitrogens with zero attached hydrogens (tertiary/aromatic N) is 6. The number of fused-ring (bicyclic) bond motifs is 1. The van der Waals surface area contributed by atoms with Crippen molar-refractivity contribution in [3.8, 4) is 0 Å². The van der Waals surface area contributed by atoms with Gasteiger partial charge in [-0.05, 0) is 19.2 Å². The molecule has 2 unspecified atom stereocenters. The number of hydrogen-bond donors (Lipinski definition) is 1. The van der Waals surface area contributed by atoms with E-state index in [0.717, 1.165) is 95.8 Å². The van der Waals surface area contributed by atoms with E-state index in [9.17, 15) is 0 Å². The van der Waals surface area contributed by atoms with Gasteiger partial charge in [0.25, 0.3) is 0 Å². The number of likely N-dealkylation sites (N-methyl/N-ethyl adjacent to an activating group) is 1. The molecule has 0 spiro atoms. The van der Waals surface area contributed by atoms with Gasteiger partial charge in [-0.15, -0.1) is 0 Å². The van der Waals surface area contributed by atoms with Gasteiger partial charge in [-0.3, -0.25) is 10.2 Å². The molecule has 5 rings (SSSR count). The van der Waals surface area contributed by atoms with Crippen LogP contribution in [-0.2, 0) is 9.47 Å². The van der Waals surface area contributed by atoms with Gasteiger partial charge in [-0.25, -0.2) is 15.0 Å². The van der Waals surface area contributed by atoms with Crippen molar-refractivity contribution in [2.75, 3.05) is 90.7 Å². The number of hydrogen-bond acceptors (Lipinski definition) is 9. The molecule has 0 radical (unpaired) electrons. The molecule has 5 heterocycles.